The highest BCUT2D eigenvalue weighted by molar-refractivity contribution is 7.16. The number of hydrogen-bond acceptors (Lipinski definition) is 4. The van der Waals surface area contributed by atoms with Gasteiger partial charge in [-0.25, -0.2) is 9.97 Å². The molecule has 94 valence electrons. The van der Waals surface area contributed by atoms with E-state index in [9.17, 15) is 4.79 Å². The van der Waals surface area contributed by atoms with Crippen LogP contribution in [0.4, 0.5) is 5.82 Å². The summed E-state index contributed by atoms with van der Waals surface area (Å²) in [6, 6.07) is 11.6. The second-order valence-electron chi connectivity index (χ2n) is 4.12. The lowest BCUT2D eigenvalue weighted by Crippen LogP contribution is -2.07. The second-order valence-corrected chi connectivity index (χ2v) is 5.01. The number of fused-ring (bicyclic) bond motifs is 1. The highest BCUT2D eigenvalue weighted by Gasteiger charge is 2.04. The van der Waals surface area contributed by atoms with Crippen LogP contribution in [-0.4, -0.2) is 15.9 Å². The van der Waals surface area contributed by atoms with Crippen LogP contribution in [0, 0.1) is 0 Å². The van der Waals surface area contributed by atoms with Crippen LogP contribution >= 0.6 is 11.3 Å². The van der Waals surface area contributed by atoms with Crippen molar-refractivity contribution in [2.75, 3.05) is 5.32 Å². The fourth-order valence-corrected chi connectivity index (χ4v) is 2.52. The molecule has 1 aromatic carbocycles. The Bertz CT molecular complexity index is 751. The summed E-state index contributed by atoms with van der Waals surface area (Å²) in [7, 11) is 0. The maximum atomic E-state index is 11.0. The number of amides is 1. The van der Waals surface area contributed by atoms with Gasteiger partial charge in [-0.05, 0) is 24.3 Å². The molecular formula is C14H11N3OS. The van der Waals surface area contributed by atoms with Gasteiger partial charge in [-0.1, -0.05) is 12.1 Å². The van der Waals surface area contributed by atoms with Crippen molar-refractivity contribution in [1.29, 1.82) is 0 Å². The minimum absolute atomic E-state index is 0.125. The van der Waals surface area contributed by atoms with Crippen molar-refractivity contribution in [3.63, 3.8) is 0 Å². The zero-order chi connectivity index (χ0) is 13.2. The molecule has 0 bridgehead atoms. The number of nitrogens with one attached hydrogen (secondary N) is 1. The third-order valence-electron chi connectivity index (χ3n) is 2.68. The summed E-state index contributed by atoms with van der Waals surface area (Å²) in [5.74, 6) is 0.433. The number of carbonyl (C=O) groups excluding carboxylic acids is 1. The summed E-state index contributed by atoms with van der Waals surface area (Å²) < 4.78 is 1.15. The molecule has 0 unspecified atom stereocenters. The summed E-state index contributed by atoms with van der Waals surface area (Å²) >= 11 is 1.61. The third-order valence-corrected chi connectivity index (χ3v) is 3.49. The molecule has 19 heavy (non-hydrogen) atoms. The maximum absolute atomic E-state index is 11.0. The van der Waals surface area contributed by atoms with Crippen LogP contribution in [0.1, 0.15) is 6.92 Å². The third kappa shape index (κ3) is 2.46. The molecule has 3 aromatic rings. The van der Waals surface area contributed by atoms with E-state index in [0.717, 1.165) is 21.5 Å². The molecule has 4 nitrogen and oxygen atoms in total. The molecule has 1 N–H and O–H groups in total. The Morgan fingerprint density at radius 1 is 1.26 bits per heavy atom. The van der Waals surface area contributed by atoms with Gasteiger partial charge in [0.25, 0.3) is 0 Å². The van der Waals surface area contributed by atoms with E-state index in [1.165, 1.54) is 6.92 Å². The van der Waals surface area contributed by atoms with E-state index in [4.69, 9.17) is 0 Å². The molecule has 3 rings (SSSR count). The average Bonchev–Trinajstić information content (AvgIpc) is 2.85. The van der Waals surface area contributed by atoms with Crippen molar-refractivity contribution >= 4 is 33.3 Å². The number of carbonyl (C=O) groups is 1. The number of nitrogens with zero attached hydrogens (tertiary/aromatic N) is 2. The van der Waals surface area contributed by atoms with Gasteiger partial charge in [0.15, 0.2) is 0 Å². The fourth-order valence-electron chi connectivity index (χ4n) is 1.86. The number of rotatable bonds is 2. The van der Waals surface area contributed by atoms with Gasteiger partial charge in [-0.3, -0.25) is 4.79 Å². The standard InChI is InChI=1S/C14H11N3OS/c1-9(18)16-14-4-2-3-11(17-14)10-5-6-13-12(7-10)15-8-19-13/h2-8H,1H3,(H,16,17,18). The van der Waals surface area contributed by atoms with E-state index in [1.807, 2.05) is 35.8 Å². The first-order chi connectivity index (χ1) is 9.22. The first-order valence-corrected chi connectivity index (χ1v) is 6.68. The van der Waals surface area contributed by atoms with Crippen molar-refractivity contribution in [2.24, 2.45) is 0 Å². The smallest absolute Gasteiger partial charge is 0.222 e. The maximum Gasteiger partial charge on any atom is 0.222 e. The van der Waals surface area contributed by atoms with Gasteiger partial charge in [0.1, 0.15) is 5.82 Å². The first-order valence-electron chi connectivity index (χ1n) is 5.81. The van der Waals surface area contributed by atoms with E-state index in [-0.39, 0.29) is 5.91 Å². The molecule has 0 spiro atoms. The molecule has 0 aliphatic heterocycles. The Balaban J connectivity index is 2.02. The number of aromatic nitrogens is 2. The molecule has 0 saturated carbocycles. The van der Waals surface area contributed by atoms with Crippen molar-refractivity contribution in [3.05, 3.63) is 41.9 Å². The average molecular weight is 269 g/mol. The highest BCUT2D eigenvalue weighted by Crippen LogP contribution is 2.25. The Morgan fingerprint density at radius 3 is 3.00 bits per heavy atom. The predicted molar refractivity (Wildman–Crippen MR) is 77.2 cm³/mol. The van der Waals surface area contributed by atoms with Gasteiger partial charge in [-0.15, -0.1) is 11.3 Å². The summed E-state index contributed by atoms with van der Waals surface area (Å²) in [4.78, 5) is 19.8. The molecular weight excluding hydrogens is 258 g/mol. The van der Waals surface area contributed by atoms with Crippen LogP contribution in [0.3, 0.4) is 0 Å². The molecule has 0 aliphatic rings. The molecule has 5 heteroatoms. The van der Waals surface area contributed by atoms with Gasteiger partial charge >= 0.3 is 0 Å². The first kappa shape index (κ1) is 11.8. The van der Waals surface area contributed by atoms with Crippen LogP contribution in [0.2, 0.25) is 0 Å². The van der Waals surface area contributed by atoms with E-state index < -0.39 is 0 Å². The van der Waals surface area contributed by atoms with E-state index in [0.29, 0.717) is 5.82 Å². The van der Waals surface area contributed by atoms with Crippen LogP contribution in [0.15, 0.2) is 41.9 Å². The summed E-state index contributed by atoms with van der Waals surface area (Å²) in [6.07, 6.45) is 0. The van der Waals surface area contributed by atoms with E-state index in [1.54, 1.807) is 17.4 Å². The number of thiazole rings is 1. The lowest BCUT2D eigenvalue weighted by Gasteiger charge is -2.05. The molecule has 0 fully saturated rings. The minimum atomic E-state index is -0.125. The molecule has 2 heterocycles. The van der Waals surface area contributed by atoms with Gasteiger partial charge in [0, 0.05) is 12.5 Å². The number of benzene rings is 1. The van der Waals surface area contributed by atoms with Crippen molar-refractivity contribution in [1.82, 2.24) is 9.97 Å². The van der Waals surface area contributed by atoms with Crippen LogP contribution in [0.25, 0.3) is 21.5 Å². The summed E-state index contributed by atoms with van der Waals surface area (Å²) in [5.41, 5.74) is 4.61. The molecule has 0 saturated heterocycles. The lowest BCUT2D eigenvalue weighted by molar-refractivity contribution is -0.114. The summed E-state index contributed by atoms with van der Waals surface area (Å²) in [5, 5.41) is 2.68. The van der Waals surface area contributed by atoms with Crippen LogP contribution in [0.5, 0.6) is 0 Å². The summed E-state index contributed by atoms with van der Waals surface area (Å²) in [6.45, 7) is 1.47. The Morgan fingerprint density at radius 2 is 2.16 bits per heavy atom. The second kappa shape index (κ2) is 4.78. The van der Waals surface area contributed by atoms with Gasteiger partial charge < -0.3 is 5.32 Å². The quantitative estimate of drug-likeness (QED) is 0.776. The largest absolute Gasteiger partial charge is 0.311 e. The molecule has 1 amide bonds. The topological polar surface area (TPSA) is 54.9 Å². The zero-order valence-corrected chi connectivity index (χ0v) is 11.1. The van der Waals surface area contributed by atoms with Crippen LogP contribution in [-0.2, 0) is 4.79 Å². The highest BCUT2D eigenvalue weighted by atomic mass is 32.1. The predicted octanol–water partition coefficient (Wildman–Crippen LogP) is 3.32. The Hall–Kier alpha value is -2.27. The van der Waals surface area contributed by atoms with Gasteiger partial charge in [0.2, 0.25) is 5.91 Å². The number of anilines is 1. The molecule has 2 aromatic heterocycles. The number of hydrogen-bond donors (Lipinski definition) is 1. The Labute approximate surface area is 114 Å². The molecule has 0 atom stereocenters. The number of pyridine rings is 1. The minimum Gasteiger partial charge on any atom is -0.311 e. The lowest BCUT2D eigenvalue weighted by atomic mass is 10.1. The van der Waals surface area contributed by atoms with Crippen LogP contribution < -0.4 is 5.32 Å². The van der Waals surface area contributed by atoms with Crippen molar-refractivity contribution < 1.29 is 4.79 Å². The van der Waals surface area contributed by atoms with E-state index in [2.05, 4.69) is 15.3 Å². The molecule has 0 radical (unpaired) electrons. The zero-order valence-electron chi connectivity index (χ0n) is 10.3. The Kier molecular flexibility index (Phi) is 2.97. The van der Waals surface area contributed by atoms with Gasteiger partial charge in [-0.2, -0.15) is 0 Å². The van der Waals surface area contributed by atoms with E-state index >= 15 is 0 Å². The van der Waals surface area contributed by atoms with Crippen molar-refractivity contribution in [2.45, 2.75) is 6.92 Å². The normalized spacial score (nSPS) is 10.6. The fraction of sp³-hybridized carbons (Fsp3) is 0.0714. The van der Waals surface area contributed by atoms with Crippen molar-refractivity contribution in [3.8, 4) is 11.3 Å². The monoisotopic (exact) mass is 269 g/mol. The van der Waals surface area contributed by atoms with Gasteiger partial charge in [0.05, 0.1) is 21.4 Å². The molecule has 0 aliphatic carbocycles. The SMILES string of the molecule is CC(=O)Nc1cccc(-c2ccc3scnc3c2)n1.